The summed E-state index contributed by atoms with van der Waals surface area (Å²) in [5, 5.41) is 3.38. The van der Waals surface area contributed by atoms with Crippen LogP contribution in [0.3, 0.4) is 0 Å². The number of carbonyl (C=O) groups excluding carboxylic acids is 2. The van der Waals surface area contributed by atoms with Crippen molar-refractivity contribution in [3.8, 4) is 0 Å². The average Bonchev–Trinajstić information content (AvgIpc) is 3.16. The summed E-state index contributed by atoms with van der Waals surface area (Å²) >= 11 is 7.50. The summed E-state index contributed by atoms with van der Waals surface area (Å²) in [6, 6.07) is 22.6. The molecule has 1 saturated heterocycles. The first-order chi connectivity index (χ1) is 14.9. The second-order valence-corrected chi connectivity index (χ2v) is 9.26. The smallest absolute Gasteiger partial charge is 0.255 e. The molecule has 1 N–H and O–H groups in total. The third kappa shape index (κ3) is 4.78. The molecule has 3 aromatic carbocycles. The van der Waals surface area contributed by atoms with Crippen molar-refractivity contribution in [2.24, 2.45) is 0 Å². The molecule has 0 spiro atoms. The summed E-state index contributed by atoms with van der Waals surface area (Å²) < 4.78 is 0. The van der Waals surface area contributed by atoms with E-state index in [0.717, 1.165) is 11.3 Å². The van der Waals surface area contributed by atoms with Crippen molar-refractivity contribution in [1.29, 1.82) is 0 Å². The van der Waals surface area contributed by atoms with Gasteiger partial charge in [0.15, 0.2) is 0 Å². The number of rotatable bonds is 5. The van der Waals surface area contributed by atoms with E-state index in [-0.39, 0.29) is 17.2 Å². The summed E-state index contributed by atoms with van der Waals surface area (Å²) in [7, 11) is 0. The Morgan fingerprint density at radius 2 is 1.77 bits per heavy atom. The molecule has 1 heterocycles. The maximum atomic E-state index is 12.7. The first kappa shape index (κ1) is 21.5. The number of hydrogen-bond acceptors (Lipinski definition) is 3. The molecule has 1 atom stereocenters. The zero-order chi connectivity index (χ0) is 22.0. The van der Waals surface area contributed by atoms with Gasteiger partial charge in [-0.05, 0) is 65.6 Å². The Morgan fingerprint density at radius 3 is 2.45 bits per heavy atom. The van der Waals surface area contributed by atoms with Crippen LogP contribution in [0.2, 0.25) is 5.02 Å². The van der Waals surface area contributed by atoms with E-state index < -0.39 is 0 Å². The lowest BCUT2D eigenvalue weighted by molar-refractivity contribution is -0.115. The van der Waals surface area contributed by atoms with Crippen molar-refractivity contribution in [3.63, 3.8) is 0 Å². The topological polar surface area (TPSA) is 49.4 Å². The Morgan fingerprint density at radius 1 is 1.06 bits per heavy atom. The van der Waals surface area contributed by atoms with Crippen LogP contribution in [0.25, 0.3) is 0 Å². The molecule has 4 rings (SSSR count). The quantitative estimate of drug-likeness (QED) is 0.483. The number of anilines is 2. The van der Waals surface area contributed by atoms with Crippen LogP contribution in [0, 0.1) is 0 Å². The standard InChI is InChI=1S/C25H23ClN2O2S/c1-16(2)17-8-12-22(13-9-17)28-23(29)15-31-25(28)19-4-3-5-21(14-19)27-24(30)18-6-10-20(26)11-7-18/h3-14,16,25H,15H2,1-2H3,(H,27,30)/t25-/m0/s1. The Kier molecular flexibility index (Phi) is 6.35. The van der Waals surface area contributed by atoms with Gasteiger partial charge in [-0.25, -0.2) is 0 Å². The summed E-state index contributed by atoms with van der Waals surface area (Å²) in [4.78, 5) is 27.1. The van der Waals surface area contributed by atoms with Crippen molar-refractivity contribution < 1.29 is 9.59 Å². The third-order valence-electron chi connectivity index (χ3n) is 5.24. The fourth-order valence-electron chi connectivity index (χ4n) is 3.54. The predicted octanol–water partition coefficient (Wildman–Crippen LogP) is 6.49. The molecule has 2 amide bonds. The van der Waals surface area contributed by atoms with Crippen LogP contribution in [0.5, 0.6) is 0 Å². The summed E-state index contributed by atoms with van der Waals surface area (Å²) in [5.74, 6) is 0.750. The van der Waals surface area contributed by atoms with E-state index in [1.807, 2.05) is 41.3 Å². The monoisotopic (exact) mass is 450 g/mol. The zero-order valence-corrected chi connectivity index (χ0v) is 18.9. The summed E-state index contributed by atoms with van der Waals surface area (Å²) in [6.45, 7) is 4.30. The lowest BCUT2D eigenvalue weighted by Crippen LogP contribution is -2.27. The van der Waals surface area contributed by atoms with Crippen LogP contribution >= 0.6 is 23.4 Å². The maximum absolute atomic E-state index is 12.7. The van der Waals surface area contributed by atoms with Gasteiger partial charge in [-0.2, -0.15) is 0 Å². The molecule has 0 saturated carbocycles. The van der Waals surface area contributed by atoms with Gasteiger partial charge in [0.1, 0.15) is 5.37 Å². The number of carbonyl (C=O) groups is 2. The summed E-state index contributed by atoms with van der Waals surface area (Å²) in [6.07, 6.45) is 0. The molecule has 3 aromatic rings. The molecule has 0 aliphatic carbocycles. The Hall–Kier alpha value is -2.76. The molecule has 31 heavy (non-hydrogen) atoms. The van der Waals surface area contributed by atoms with Gasteiger partial charge in [0, 0.05) is 22.0 Å². The van der Waals surface area contributed by atoms with Gasteiger partial charge in [0.05, 0.1) is 5.75 Å². The highest BCUT2D eigenvalue weighted by atomic mass is 35.5. The second kappa shape index (κ2) is 9.16. The normalized spacial score (nSPS) is 16.1. The van der Waals surface area contributed by atoms with Gasteiger partial charge in [0.25, 0.3) is 5.91 Å². The van der Waals surface area contributed by atoms with Gasteiger partial charge in [0.2, 0.25) is 5.91 Å². The van der Waals surface area contributed by atoms with Crippen molar-refractivity contribution in [2.75, 3.05) is 16.0 Å². The maximum Gasteiger partial charge on any atom is 0.255 e. The van der Waals surface area contributed by atoms with Gasteiger partial charge < -0.3 is 5.32 Å². The lowest BCUT2D eigenvalue weighted by Gasteiger charge is -2.25. The predicted molar refractivity (Wildman–Crippen MR) is 129 cm³/mol. The highest BCUT2D eigenvalue weighted by Gasteiger charge is 2.34. The summed E-state index contributed by atoms with van der Waals surface area (Å²) in [5.41, 5.74) is 4.32. The minimum atomic E-state index is -0.204. The number of nitrogens with zero attached hydrogens (tertiary/aromatic N) is 1. The molecule has 0 aromatic heterocycles. The van der Waals surface area contributed by atoms with Crippen LogP contribution < -0.4 is 10.2 Å². The Labute approximate surface area is 191 Å². The van der Waals surface area contributed by atoms with E-state index in [4.69, 9.17) is 11.6 Å². The fraction of sp³-hybridized carbons (Fsp3) is 0.200. The van der Waals surface area contributed by atoms with Gasteiger partial charge in [-0.3, -0.25) is 14.5 Å². The number of halogens is 1. The van der Waals surface area contributed by atoms with Crippen molar-refractivity contribution in [2.45, 2.75) is 25.1 Å². The van der Waals surface area contributed by atoms with Crippen molar-refractivity contribution in [1.82, 2.24) is 0 Å². The Balaban J connectivity index is 1.56. The minimum Gasteiger partial charge on any atom is -0.322 e. The molecule has 1 fully saturated rings. The molecule has 158 valence electrons. The zero-order valence-electron chi connectivity index (χ0n) is 17.3. The number of nitrogens with one attached hydrogen (secondary N) is 1. The molecule has 1 aliphatic rings. The van der Waals surface area contributed by atoms with E-state index in [0.29, 0.717) is 27.9 Å². The molecule has 4 nitrogen and oxygen atoms in total. The number of benzene rings is 3. The number of amides is 2. The fourth-order valence-corrected chi connectivity index (χ4v) is 4.84. The largest absolute Gasteiger partial charge is 0.322 e. The highest BCUT2D eigenvalue weighted by molar-refractivity contribution is 8.00. The van der Waals surface area contributed by atoms with Crippen LogP contribution in [0.4, 0.5) is 11.4 Å². The van der Waals surface area contributed by atoms with E-state index in [9.17, 15) is 9.59 Å². The third-order valence-corrected chi connectivity index (χ3v) is 6.71. The number of thioether (sulfide) groups is 1. The van der Waals surface area contributed by atoms with Crippen LogP contribution in [0.15, 0.2) is 72.8 Å². The van der Waals surface area contributed by atoms with E-state index in [2.05, 4.69) is 31.3 Å². The van der Waals surface area contributed by atoms with Crippen LogP contribution in [0.1, 0.15) is 46.6 Å². The van der Waals surface area contributed by atoms with Gasteiger partial charge in [-0.1, -0.05) is 49.7 Å². The van der Waals surface area contributed by atoms with E-state index in [1.54, 1.807) is 36.0 Å². The van der Waals surface area contributed by atoms with Crippen molar-refractivity contribution in [3.05, 3.63) is 94.5 Å². The average molecular weight is 451 g/mol. The Bertz CT molecular complexity index is 1100. The molecule has 0 unspecified atom stereocenters. The highest BCUT2D eigenvalue weighted by Crippen LogP contribution is 2.42. The lowest BCUT2D eigenvalue weighted by atomic mass is 10.0. The minimum absolute atomic E-state index is 0.0860. The molecular weight excluding hydrogens is 428 g/mol. The van der Waals surface area contributed by atoms with E-state index >= 15 is 0 Å². The molecule has 1 aliphatic heterocycles. The van der Waals surface area contributed by atoms with Crippen LogP contribution in [-0.4, -0.2) is 17.6 Å². The second-order valence-electron chi connectivity index (χ2n) is 7.76. The van der Waals surface area contributed by atoms with Crippen LogP contribution in [-0.2, 0) is 4.79 Å². The molecule has 0 bridgehead atoms. The molecule has 0 radical (unpaired) electrons. The number of hydrogen-bond donors (Lipinski definition) is 1. The van der Waals surface area contributed by atoms with Gasteiger partial charge in [-0.15, -0.1) is 11.8 Å². The molecular formula is C25H23ClN2O2S. The first-order valence-corrected chi connectivity index (χ1v) is 11.6. The van der Waals surface area contributed by atoms with Gasteiger partial charge >= 0.3 is 0 Å². The van der Waals surface area contributed by atoms with Crippen molar-refractivity contribution >= 4 is 46.6 Å². The van der Waals surface area contributed by atoms with E-state index in [1.165, 1.54) is 5.56 Å². The first-order valence-electron chi connectivity index (χ1n) is 10.1. The SMILES string of the molecule is CC(C)c1ccc(N2C(=O)CS[C@H]2c2cccc(NC(=O)c3ccc(Cl)cc3)c2)cc1. The molecule has 6 heteroatoms.